The van der Waals surface area contributed by atoms with Gasteiger partial charge in [0.15, 0.2) is 0 Å². The number of piperazine rings is 1. The standard InChI is InChI=1S/C12H22N4O2/c1-9-7-14-4-6-16(9)11(17)10-3-2-5-15(8-10)12(13)18/h9-10,14H,2-8H2,1H3,(H2,13,18)/t9-,10?/m0/s1. The first-order valence-corrected chi connectivity index (χ1v) is 6.65. The number of carbonyl (C=O) groups excluding carboxylic acids is 2. The maximum absolute atomic E-state index is 12.5. The smallest absolute Gasteiger partial charge is 0.314 e. The zero-order valence-corrected chi connectivity index (χ0v) is 10.9. The number of urea groups is 1. The molecule has 18 heavy (non-hydrogen) atoms. The second kappa shape index (κ2) is 5.56. The Morgan fingerprint density at radius 1 is 1.33 bits per heavy atom. The number of piperidine rings is 1. The molecule has 0 saturated carbocycles. The summed E-state index contributed by atoms with van der Waals surface area (Å²) in [5, 5.41) is 3.27. The number of hydrogen-bond acceptors (Lipinski definition) is 3. The maximum atomic E-state index is 12.5. The van der Waals surface area contributed by atoms with E-state index in [0.29, 0.717) is 13.1 Å². The van der Waals surface area contributed by atoms with Gasteiger partial charge < -0.3 is 20.9 Å². The van der Waals surface area contributed by atoms with Gasteiger partial charge in [-0.25, -0.2) is 4.79 Å². The Morgan fingerprint density at radius 3 is 2.78 bits per heavy atom. The van der Waals surface area contributed by atoms with E-state index in [1.165, 1.54) is 0 Å². The van der Waals surface area contributed by atoms with E-state index in [4.69, 9.17) is 5.73 Å². The van der Waals surface area contributed by atoms with Crippen LogP contribution in [0.1, 0.15) is 19.8 Å². The molecule has 0 aromatic carbocycles. The lowest BCUT2D eigenvalue weighted by Crippen LogP contribution is -2.56. The van der Waals surface area contributed by atoms with Crippen LogP contribution in [-0.4, -0.2) is 60.5 Å². The lowest BCUT2D eigenvalue weighted by Gasteiger charge is -2.39. The summed E-state index contributed by atoms with van der Waals surface area (Å²) >= 11 is 0. The van der Waals surface area contributed by atoms with Gasteiger partial charge in [0.2, 0.25) is 5.91 Å². The van der Waals surface area contributed by atoms with Crippen LogP contribution in [0, 0.1) is 5.92 Å². The Bertz CT molecular complexity index is 334. The zero-order valence-electron chi connectivity index (χ0n) is 10.9. The Labute approximate surface area is 107 Å². The predicted molar refractivity (Wildman–Crippen MR) is 67.9 cm³/mol. The highest BCUT2D eigenvalue weighted by Gasteiger charge is 2.33. The Balaban J connectivity index is 1.97. The molecule has 2 aliphatic rings. The Kier molecular flexibility index (Phi) is 4.06. The van der Waals surface area contributed by atoms with E-state index in [0.717, 1.165) is 32.5 Å². The molecular weight excluding hydrogens is 232 g/mol. The predicted octanol–water partition coefficient (Wildman–Crippen LogP) is -0.403. The van der Waals surface area contributed by atoms with E-state index in [2.05, 4.69) is 12.2 Å². The van der Waals surface area contributed by atoms with Crippen molar-refractivity contribution in [2.45, 2.75) is 25.8 Å². The number of primary amides is 1. The summed E-state index contributed by atoms with van der Waals surface area (Å²) in [6.07, 6.45) is 1.72. The number of likely N-dealkylation sites (tertiary alicyclic amines) is 1. The minimum absolute atomic E-state index is 0.0770. The number of rotatable bonds is 1. The molecule has 3 amide bonds. The molecule has 0 aromatic rings. The van der Waals surface area contributed by atoms with Crippen LogP contribution in [0.2, 0.25) is 0 Å². The quantitative estimate of drug-likeness (QED) is 0.668. The largest absolute Gasteiger partial charge is 0.351 e. The zero-order chi connectivity index (χ0) is 13.1. The van der Waals surface area contributed by atoms with Gasteiger partial charge in [0.05, 0.1) is 5.92 Å². The highest BCUT2D eigenvalue weighted by Crippen LogP contribution is 2.20. The van der Waals surface area contributed by atoms with E-state index in [-0.39, 0.29) is 17.9 Å². The fourth-order valence-electron chi connectivity index (χ4n) is 2.78. The molecular formula is C12H22N4O2. The van der Waals surface area contributed by atoms with Crippen molar-refractivity contribution in [3.63, 3.8) is 0 Å². The minimum atomic E-state index is -0.416. The molecule has 0 bridgehead atoms. The molecule has 2 heterocycles. The molecule has 0 spiro atoms. The summed E-state index contributed by atoms with van der Waals surface area (Å²) in [4.78, 5) is 27.1. The fraction of sp³-hybridized carbons (Fsp3) is 0.833. The molecule has 102 valence electrons. The van der Waals surface area contributed by atoms with Crippen LogP contribution in [0.3, 0.4) is 0 Å². The van der Waals surface area contributed by atoms with Crippen molar-refractivity contribution in [2.24, 2.45) is 11.7 Å². The third kappa shape index (κ3) is 2.75. The molecule has 2 saturated heterocycles. The van der Waals surface area contributed by atoms with E-state index in [1.807, 2.05) is 4.90 Å². The summed E-state index contributed by atoms with van der Waals surface area (Å²) in [7, 11) is 0. The van der Waals surface area contributed by atoms with Gasteiger partial charge in [0.1, 0.15) is 0 Å². The van der Waals surface area contributed by atoms with Crippen molar-refractivity contribution in [1.29, 1.82) is 0 Å². The Hall–Kier alpha value is -1.30. The first-order chi connectivity index (χ1) is 8.59. The van der Waals surface area contributed by atoms with Gasteiger partial charge in [-0.05, 0) is 19.8 Å². The second-order valence-electron chi connectivity index (χ2n) is 5.21. The number of amides is 3. The van der Waals surface area contributed by atoms with Crippen LogP contribution in [0.25, 0.3) is 0 Å². The van der Waals surface area contributed by atoms with Gasteiger partial charge in [0, 0.05) is 38.8 Å². The minimum Gasteiger partial charge on any atom is -0.351 e. The average molecular weight is 254 g/mol. The summed E-state index contributed by atoms with van der Waals surface area (Å²) in [5.74, 6) is 0.0988. The van der Waals surface area contributed by atoms with Gasteiger partial charge in [-0.2, -0.15) is 0 Å². The number of carbonyl (C=O) groups is 2. The molecule has 6 nitrogen and oxygen atoms in total. The normalized spacial score (nSPS) is 29.2. The third-order valence-electron chi connectivity index (χ3n) is 3.87. The lowest BCUT2D eigenvalue weighted by molar-refractivity contribution is -0.139. The third-order valence-corrected chi connectivity index (χ3v) is 3.87. The van der Waals surface area contributed by atoms with Gasteiger partial charge in [0.25, 0.3) is 0 Å². The summed E-state index contributed by atoms with van der Waals surface area (Å²) in [5.41, 5.74) is 5.29. The van der Waals surface area contributed by atoms with Crippen molar-refractivity contribution in [2.75, 3.05) is 32.7 Å². The second-order valence-corrected chi connectivity index (χ2v) is 5.21. The van der Waals surface area contributed by atoms with E-state index in [1.54, 1.807) is 4.90 Å². The van der Waals surface area contributed by atoms with Crippen LogP contribution < -0.4 is 11.1 Å². The van der Waals surface area contributed by atoms with Gasteiger partial charge in [-0.1, -0.05) is 0 Å². The number of nitrogens with zero attached hydrogens (tertiary/aromatic N) is 2. The molecule has 1 unspecified atom stereocenters. The number of nitrogens with two attached hydrogens (primary N) is 1. The molecule has 2 fully saturated rings. The SMILES string of the molecule is C[C@H]1CNCCN1C(=O)C1CCCN(C(N)=O)C1. The molecule has 0 aromatic heterocycles. The number of hydrogen-bond donors (Lipinski definition) is 2. The van der Waals surface area contributed by atoms with Crippen molar-refractivity contribution >= 4 is 11.9 Å². The van der Waals surface area contributed by atoms with Crippen LogP contribution in [0.5, 0.6) is 0 Å². The van der Waals surface area contributed by atoms with Crippen molar-refractivity contribution in [3.8, 4) is 0 Å². The molecule has 2 atom stereocenters. The lowest BCUT2D eigenvalue weighted by atomic mass is 9.95. The van der Waals surface area contributed by atoms with Gasteiger partial charge in [-0.3, -0.25) is 4.79 Å². The fourth-order valence-corrected chi connectivity index (χ4v) is 2.78. The van der Waals surface area contributed by atoms with Crippen LogP contribution in [0.4, 0.5) is 4.79 Å². The summed E-state index contributed by atoms with van der Waals surface area (Å²) in [6, 6.07) is -0.184. The van der Waals surface area contributed by atoms with E-state index in [9.17, 15) is 9.59 Å². The first kappa shape index (κ1) is 13.1. The molecule has 2 rings (SSSR count). The van der Waals surface area contributed by atoms with Crippen molar-refractivity contribution < 1.29 is 9.59 Å². The van der Waals surface area contributed by atoms with Gasteiger partial charge >= 0.3 is 6.03 Å². The van der Waals surface area contributed by atoms with E-state index >= 15 is 0 Å². The van der Waals surface area contributed by atoms with Crippen LogP contribution in [0.15, 0.2) is 0 Å². The molecule has 0 aliphatic carbocycles. The average Bonchev–Trinajstić information content (AvgIpc) is 2.38. The summed E-state index contributed by atoms with van der Waals surface area (Å²) < 4.78 is 0. The topological polar surface area (TPSA) is 78.7 Å². The summed E-state index contributed by atoms with van der Waals surface area (Å²) in [6.45, 7) is 5.66. The highest BCUT2D eigenvalue weighted by atomic mass is 16.2. The molecule has 2 aliphatic heterocycles. The molecule has 0 radical (unpaired) electrons. The van der Waals surface area contributed by atoms with Crippen LogP contribution >= 0.6 is 0 Å². The van der Waals surface area contributed by atoms with Gasteiger partial charge in [-0.15, -0.1) is 0 Å². The number of nitrogens with one attached hydrogen (secondary N) is 1. The molecule has 6 heteroatoms. The van der Waals surface area contributed by atoms with Crippen molar-refractivity contribution in [3.05, 3.63) is 0 Å². The van der Waals surface area contributed by atoms with E-state index < -0.39 is 6.03 Å². The Morgan fingerprint density at radius 2 is 2.11 bits per heavy atom. The monoisotopic (exact) mass is 254 g/mol. The van der Waals surface area contributed by atoms with Crippen molar-refractivity contribution in [1.82, 2.24) is 15.1 Å². The first-order valence-electron chi connectivity index (χ1n) is 6.65. The van der Waals surface area contributed by atoms with Crippen LogP contribution in [-0.2, 0) is 4.79 Å². The maximum Gasteiger partial charge on any atom is 0.314 e. The highest BCUT2D eigenvalue weighted by molar-refractivity contribution is 5.81. The molecule has 3 N–H and O–H groups in total.